The Balaban J connectivity index is 1.93. The smallest absolute Gasteiger partial charge is 0.340 e. The predicted octanol–water partition coefficient (Wildman–Crippen LogP) is 4.48. The maximum Gasteiger partial charge on any atom is 0.340 e. The van der Waals surface area contributed by atoms with Crippen LogP contribution in [0.15, 0.2) is 41.8 Å². The van der Waals surface area contributed by atoms with Crippen molar-refractivity contribution in [3.05, 3.63) is 75.0 Å². The third kappa shape index (κ3) is 4.77. The molecule has 1 N–H and O–H groups in total. The Hall–Kier alpha value is -2.97. The van der Waals surface area contributed by atoms with Crippen LogP contribution in [-0.4, -0.2) is 37.2 Å². The van der Waals surface area contributed by atoms with E-state index in [4.69, 9.17) is 9.47 Å². The number of H-pyrrole nitrogens is 1. The van der Waals surface area contributed by atoms with E-state index < -0.39 is 5.97 Å². The number of halogens is 1. The molecule has 0 aliphatic rings. The molecule has 0 fully saturated rings. The number of nitrogens with one attached hydrogen (secondary N) is 1. The summed E-state index contributed by atoms with van der Waals surface area (Å²) in [4.78, 5) is 31.5. The molecule has 0 bridgehead atoms. The SMILES string of the molecule is COCCOC(=O)c1c(C)[nH]c(C(=O)N(Cc2cccs2)c2ccc(F)cc2)c1C. The number of ether oxygens (including phenoxy) is 2. The number of carbonyl (C=O) groups is 2. The van der Waals surface area contributed by atoms with E-state index in [1.54, 1.807) is 30.9 Å². The van der Waals surface area contributed by atoms with Gasteiger partial charge in [-0.2, -0.15) is 0 Å². The van der Waals surface area contributed by atoms with Crippen LogP contribution in [0.5, 0.6) is 0 Å². The minimum absolute atomic E-state index is 0.128. The molecule has 0 saturated heterocycles. The molecule has 0 unspecified atom stereocenters. The van der Waals surface area contributed by atoms with Crippen molar-refractivity contribution in [1.82, 2.24) is 4.98 Å². The second kappa shape index (κ2) is 9.69. The summed E-state index contributed by atoms with van der Waals surface area (Å²) >= 11 is 1.53. The lowest BCUT2D eigenvalue weighted by molar-refractivity contribution is 0.0387. The van der Waals surface area contributed by atoms with E-state index in [0.29, 0.717) is 41.4 Å². The van der Waals surface area contributed by atoms with Gasteiger partial charge in [-0.25, -0.2) is 9.18 Å². The number of thiophene rings is 1. The highest BCUT2D eigenvalue weighted by Gasteiger charge is 2.27. The van der Waals surface area contributed by atoms with Gasteiger partial charge in [0.25, 0.3) is 5.91 Å². The lowest BCUT2D eigenvalue weighted by Crippen LogP contribution is -2.31. The van der Waals surface area contributed by atoms with Crippen molar-refractivity contribution in [2.75, 3.05) is 25.2 Å². The molecule has 1 aromatic carbocycles. The number of methoxy groups -OCH3 is 1. The van der Waals surface area contributed by atoms with Crippen molar-refractivity contribution in [2.24, 2.45) is 0 Å². The van der Waals surface area contributed by atoms with Gasteiger partial charge in [0.2, 0.25) is 0 Å². The zero-order valence-electron chi connectivity index (χ0n) is 17.0. The third-order valence-electron chi connectivity index (χ3n) is 4.65. The fourth-order valence-electron chi connectivity index (χ4n) is 3.15. The summed E-state index contributed by atoms with van der Waals surface area (Å²) in [5.74, 6) is -1.20. The fraction of sp³-hybridized carbons (Fsp3) is 0.273. The first-order chi connectivity index (χ1) is 14.4. The highest BCUT2D eigenvalue weighted by molar-refractivity contribution is 7.09. The lowest BCUT2D eigenvalue weighted by atomic mass is 10.1. The van der Waals surface area contributed by atoms with Crippen LogP contribution in [0.1, 0.15) is 37.0 Å². The molecule has 0 saturated carbocycles. The second-order valence-electron chi connectivity index (χ2n) is 6.70. The van der Waals surface area contributed by atoms with Gasteiger partial charge in [0.05, 0.1) is 18.7 Å². The molecular formula is C22H23FN2O4S. The summed E-state index contributed by atoms with van der Waals surface area (Å²) in [6.45, 7) is 4.17. The van der Waals surface area contributed by atoms with Gasteiger partial charge in [0, 0.05) is 23.4 Å². The number of amides is 1. The van der Waals surface area contributed by atoms with Crippen molar-refractivity contribution >= 4 is 28.9 Å². The summed E-state index contributed by atoms with van der Waals surface area (Å²) in [5.41, 5.74) is 2.26. The molecule has 0 radical (unpaired) electrons. The minimum atomic E-state index is -0.510. The molecule has 2 heterocycles. The first-order valence-corrected chi connectivity index (χ1v) is 10.3. The van der Waals surface area contributed by atoms with Crippen LogP contribution < -0.4 is 4.90 Å². The molecule has 3 aromatic rings. The molecule has 2 aromatic heterocycles. The molecule has 158 valence electrons. The van der Waals surface area contributed by atoms with E-state index in [1.807, 2.05) is 17.5 Å². The Morgan fingerprint density at radius 1 is 1.13 bits per heavy atom. The maximum atomic E-state index is 13.5. The summed E-state index contributed by atoms with van der Waals surface area (Å²) in [5, 5.41) is 1.93. The van der Waals surface area contributed by atoms with Crippen LogP contribution in [-0.2, 0) is 16.0 Å². The Kier molecular flexibility index (Phi) is 7.02. The van der Waals surface area contributed by atoms with E-state index in [2.05, 4.69) is 4.98 Å². The zero-order valence-corrected chi connectivity index (χ0v) is 17.8. The normalized spacial score (nSPS) is 10.8. The van der Waals surface area contributed by atoms with Crippen LogP contribution in [0.4, 0.5) is 10.1 Å². The standard InChI is InChI=1S/C22H23FN2O4S/c1-14-19(22(27)29-11-10-28-3)15(2)24-20(14)21(26)25(13-18-5-4-12-30-18)17-8-6-16(23)7-9-17/h4-9,12,24H,10-11,13H2,1-3H3. The number of hydrogen-bond acceptors (Lipinski definition) is 5. The number of aryl methyl sites for hydroxylation is 1. The quantitative estimate of drug-likeness (QED) is 0.422. The number of aromatic amines is 1. The monoisotopic (exact) mass is 430 g/mol. The zero-order chi connectivity index (χ0) is 21.7. The maximum absolute atomic E-state index is 13.5. The highest BCUT2D eigenvalue weighted by Crippen LogP contribution is 2.26. The van der Waals surface area contributed by atoms with E-state index in [-0.39, 0.29) is 18.3 Å². The van der Waals surface area contributed by atoms with Crippen molar-refractivity contribution in [2.45, 2.75) is 20.4 Å². The Bertz CT molecular complexity index is 1010. The van der Waals surface area contributed by atoms with E-state index in [0.717, 1.165) is 4.88 Å². The van der Waals surface area contributed by atoms with Gasteiger partial charge in [-0.3, -0.25) is 4.79 Å². The van der Waals surface area contributed by atoms with Gasteiger partial charge in [-0.05, 0) is 55.1 Å². The molecular weight excluding hydrogens is 407 g/mol. The summed E-state index contributed by atoms with van der Waals surface area (Å²) in [7, 11) is 1.52. The van der Waals surface area contributed by atoms with Crippen LogP contribution in [0, 0.1) is 19.7 Å². The van der Waals surface area contributed by atoms with Crippen molar-refractivity contribution < 1.29 is 23.5 Å². The van der Waals surface area contributed by atoms with Crippen LogP contribution in [0.3, 0.4) is 0 Å². The number of carbonyl (C=O) groups excluding carboxylic acids is 2. The minimum Gasteiger partial charge on any atom is -0.460 e. The number of hydrogen-bond donors (Lipinski definition) is 1. The Morgan fingerprint density at radius 3 is 2.50 bits per heavy atom. The first kappa shape index (κ1) is 21.7. The van der Waals surface area contributed by atoms with Crippen LogP contribution in [0.25, 0.3) is 0 Å². The second-order valence-corrected chi connectivity index (χ2v) is 7.73. The number of benzene rings is 1. The molecule has 1 amide bonds. The van der Waals surface area contributed by atoms with Gasteiger partial charge in [0.1, 0.15) is 18.1 Å². The van der Waals surface area contributed by atoms with E-state index in [9.17, 15) is 14.0 Å². The molecule has 6 nitrogen and oxygen atoms in total. The van der Waals surface area contributed by atoms with Gasteiger partial charge >= 0.3 is 5.97 Å². The van der Waals surface area contributed by atoms with E-state index in [1.165, 1.54) is 30.6 Å². The van der Waals surface area contributed by atoms with Crippen molar-refractivity contribution in [3.8, 4) is 0 Å². The highest BCUT2D eigenvalue weighted by atomic mass is 32.1. The van der Waals surface area contributed by atoms with Gasteiger partial charge in [-0.1, -0.05) is 6.07 Å². The third-order valence-corrected chi connectivity index (χ3v) is 5.51. The number of nitrogens with zero attached hydrogens (tertiary/aromatic N) is 1. The molecule has 3 rings (SSSR count). The molecule has 0 atom stereocenters. The fourth-order valence-corrected chi connectivity index (χ4v) is 3.85. The molecule has 0 spiro atoms. The number of aromatic nitrogens is 1. The molecule has 8 heteroatoms. The van der Waals surface area contributed by atoms with Crippen molar-refractivity contribution in [3.63, 3.8) is 0 Å². The topological polar surface area (TPSA) is 71.6 Å². The number of esters is 1. The van der Waals surface area contributed by atoms with Gasteiger partial charge in [-0.15, -0.1) is 11.3 Å². The van der Waals surface area contributed by atoms with Gasteiger partial charge in [0.15, 0.2) is 0 Å². The van der Waals surface area contributed by atoms with Crippen LogP contribution >= 0.6 is 11.3 Å². The molecule has 0 aliphatic heterocycles. The lowest BCUT2D eigenvalue weighted by Gasteiger charge is -2.22. The Labute approximate surface area is 178 Å². The summed E-state index contributed by atoms with van der Waals surface area (Å²) in [6.07, 6.45) is 0. The number of rotatable bonds is 8. The summed E-state index contributed by atoms with van der Waals surface area (Å²) < 4.78 is 23.5. The van der Waals surface area contributed by atoms with Crippen molar-refractivity contribution in [1.29, 1.82) is 0 Å². The molecule has 30 heavy (non-hydrogen) atoms. The molecule has 0 aliphatic carbocycles. The Morgan fingerprint density at radius 2 is 1.87 bits per heavy atom. The van der Waals surface area contributed by atoms with Gasteiger partial charge < -0.3 is 19.4 Å². The van der Waals surface area contributed by atoms with Crippen LogP contribution in [0.2, 0.25) is 0 Å². The average molecular weight is 431 g/mol. The predicted molar refractivity (Wildman–Crippen MR) is 114 cm³/mol. The average Bonchev–Trinajstić information content (AvgIpc) is 3.34. The first-order valence-electron chi connectivity index (χ1n) is 9.37. The summed E-state index contributed by atoms with van der Waals surface area (Å²) in [6, 6.07) is 9.59. The largest absolute Gasteiger partial charge is 0.460 e. The van der Waals surface area contributed by atoms with E-state index >= 15 is 0 Å². The number of anilines is 1.